The Morgan fingerprint density at radius 2 is 2.18 bits per heavy atom. The maximum atomic E-state index is 3.67. The fourth-order valence-electron chi connectivity index (χ4n) is 3.43. The Morgan fingerprint density at radius 1 is 1.29 bits per heavy atom. The maximum absolute atomic E-state index is 3.67. The standard InChI is InChI=1S/C14H28N2S/c1-3-6-12-11-16(10-9-15-12)13-7-5-8-14(13)17-4-2/h12-15H,3-11H2,1-2H3. The quantitative estimate of drug-likeness (QED) is 0.814. The van der Waals surface area contributed by atoms with Crippen LogP contribution in [0.4, 0.5) is 0 Å². The van der Waals surface area contributed by atoms with E-state index in [1.165, 1.54) is 57.5 Å². The van der Waals surface area contributed by atoms with Gasteiger partial charge in [-0.1, -0.05) is 26.7 Å². The van der Waals surface area contributed by atoms with Crippen molar-refractivity contribution in [3.05, 3.63) is 0 Å². The molecule has 3 unspecified atom stereocenters. The minimum absolute atomic E-state index is 0.752. The zero-order valence-electron chi connectivity index (χ0n) is 11.5. The van der Waals surface area contributed by atoms with Crippen LogP contribution in [-0.2, 0) is 0 Å². The van der Waals surface area contributed by atoms with Crippen LogP contribution >= 0.6 is 11.8 Å². The van der Waals surface area contributed by atoms with E-state index in [4.69, 9.17) is 0 Å². The summed E-state index contributed by atoms with van der Waals surface area (Å²) in [5.74, 6) is 1.28. The van der Waals surface area contributed by atoms with E-state index in [0.717, 1.165) is 17.3 Å². The van der Waals surface area contributed by atoms with Gasteiger partial charge in [-0.15, -0.1) is 0 Å². The first-order valence-corrected chi connectivity index (χ1v) is 8.49. The molecule has 1 aliphatic heterocycles. The first-order chi connectivity index (χ1) is 8.35. The van der Waals surface area contributed by atoms with Crippen molar-refractivity contribution in [3.63, 3.8) is 0 Å². The van der Waals surface area contributed by atoms with Crippen molar-refractivity contribution < 1.29 is 0 Å². The molecule has 2 rings (SSSR count). The van der Waals surface area contributed by atoms with E-state index in [2.05, 4.69) is 35.8 Å². The highest BCUT2D eigenvalue weighted by atomic mass is 32.2. The van der Waals surface area contributed by atoms with E-state index in [0.29, 0.717) is 0 Å². The van der Waals surface area contributed by atoms with Crippen molar-refractivity contribution >= 4 is 11.8 Å². The summed E-state index contributed by atoms with van der Waals surface area (Å²) in [5.41, 5.74) is 0. The van der Waals surface area contributed by atoms with E-state index < -0.39 is 0 Å². The van der Waals surface area contributed by atoms with Crippen LogP contribution in [0.1, 0.15) is 46.0 Å². The van der Waals surface area contributed by atoms with Gasteiger partial charge in [0, 0.05) is 37.0 Å². The predicted octanol–water partition coefficient (Wildman–Crippen LogP) is 2.73. The highest BCUT2D eigenvalue weighted by molar-refractivity contribution is 7.99. The maximum Gasteiger partial charge on any atom is 0.0215 e. The summed E-state index contributed by atoms with van der Waals surface area (Å²) in [6.45, 7) is 8.36. The molecule has 0 bridgehead atoms. The number of thioether (sulfide) groups is 1. The van der Waals surface area contributed by atoms with E-state index >= 15 is 0 Å². The zero-order valence-corrected chi connectivity index (χ0v) is 12.3. The van der Waals surface area contributed by atoms with E-state index in [9.17, 15) is 0 Å². The third-order valence-corrected chi connectivity index (χ3v) is 5.50. The molecule has 0 aromatic carbocycles. The molecule has 1 saturated heterocycles. The molecule has 3 heteroatoms. The van der Waals surface area contributed by atoms with Gasteiger partial charge in [0.15, 0.2) is 0 Å². The molecule has 0 aromatic rings. The number of nitrogens with zero attached hydrogens (tertiary/aromatic N) is 1. The number of hydrogen-bond acceptors (Lipinski definition) is 3. The minimum atomic E-state index is 0.752. The molecule has 0 amide bonds. The highest BCUT2D eigenvalue weighted by Gasteiger charge is 2.34. The van der Waals surface area contributed by atoms with Crippen LogP contribution in [0.3, 0.4) is 0 Å². The van der Waals surface area contributed by atoms with Crippen LogP contribution in [-0.4, -0.2) is 47.6 Å². The molecular weight excluding hydrogens is 228 g/mol. The lowest BCUT2D eigenvalue weighted by Gasteiger charge is -2.39. The van der Waals surface area contributed by atoms with Crippen LogP contribution in [0.5, 0.6) is 0 Å². The Kier molecular flexibility index (Phi) is 5.64. The van der Waals surface area contributed by atoms with Crippen molar-refractivity contribution in [2.45, 2.75) is 63.3 Å². The molecule has 0 aromatic heterocycles. The Hall–Kier alpha value is 0.270. The average molecular weight is 256 g/mol. The lowest BCUT2D eigenvalue weighted by Crippen LogP contribution is -2.55. The molecular formula is C14H28N2S. The van der Waals surface area contributed by atoms with Crippen molar-refractivity contribution in [1.29, 1.82) is 0 Å². The molecule has 2 fully saturated rings. The van der Waals surface area contributed by atoms with E-state index in [1.807, 2.05) is 0 Å². The highest BCUT2D eigenvalue weighted by Crippen LogP contribution is 2.33. The monoisotopic (exact) mass is 256 g/mol. The first kappa shape index (κ1) is 13.7. The van der Waals surface area contributed by atoms with Gasteiger partial charge < -0.3 is 5.32 Å². The largest absolute Gasteiger partial charge is 0.311 e. The Morgan fingerprint density at radius 3 is 2.94 bits per heavy atom. The molecule has 0 radical (unpaired) electrons. The Bertz CT molecular complexity index is 220. The van der Waals surface area contributed by atoms with E-state index in [1.54, 1.807) is 0 Å². The second-order valence-electron chi connectivity index (χ2n) is 5.43. The van der Waals surface area contributed by atoms with Crippen molar-refractivity contribution in [3.8, 4) is 0 Å². The predicted molar refractivity (Wildman–Crippen MR) is 77.8 cm³/mol. The SMILES string of the molecule is CCCC1CN(C2CCCC2SCC)CCN1. The Labute approximate surface area is 111 Å². The average Bonchev–Trinajstić information content (AvgIpc) is 2.79. The summed E-state index contributed by atoms with van der Waals surface area (Å²) in [6, 6.07) is 1.63. The fourth-order valence-corrected chi connectivity index (χ4v) is 4.72. The lowest BCUT2D eigenvalue weighted by atomic mass is 10.1. The molecule has 2 aliphatic rings. The molecule has 1 saturated carbocycles. The van der Waals surface area contributed by atoms with Crippen molar-refractivity contribution in [2.24, 2.45) is 0 Å². The van der Waals surface area contributed by atoms with E-state index in [-0.39, 0.29) is 0 Å². The van der Waals surface area contributed by atoms with Crippen LogP contribution in [0.25, 0.3) is 0 Å². The van der Waals surface area contributed by atoms with Crippen LogP contribution in [0, 0.1) is 0 Å². The second-order valence-corrected chi connectivity index (χ2v) is 6.94. The van der Waals surface area contributed by atoms with Crippen LogP contribution < -0.4 is 5.32 Å². The summed E-state index contributed by atoms with van der Waals surface area (Å²) in [5, 5.41) is 4.59. The smallest absolute Gasteiger partial charge is 0.0215 e. The fraction of sp³-hybridized carbons (Fsp3) is 1.00. The summed E-state index contributed by atoms with van der Waals surface area (Å²) in [4.78, 5) is 2.79. The Balaban J connectivity index is 1.87. The third kappa shape index (κ3) is 3.62. The van der Waals surface area contributed by atoms with Gasteiger partial charge >= 0.3 is 0 Å². The van der Waals surface area contributed by atoms with Gasteiger partial charge in [0.1, 0.15) is 0 Å². The summed E-state index contributed by atoms with van der Waals surface area (Å²) in [6.07, 6.45) is 6.99. The topological polar surface area (TPSA) is 15.3 Å². The summed E-state index contributed by atoms with van der Waals surface area (Å²) < 4.78 is 0. The van der Waals surface area contributed by atoms with Gasteiger partial charge in [0.25, 0.3) is 0 Å². The summed E-state index contributed by atoms with van der Waals surface area (Å²) >= 11 is 2.19. The van der Waals surface area contributed by atoms with Gasteiger partial charge in [-0.05, 0) is 25.0 Å². The lowest BCUT2D eigenvalue weighted by molar-refractivity contribution is 0.144. The van der Waals surface area contributed by atoms with Crippen LogP contribution in [0.2, 0.25) is 0 Å². The molecule has 0 spiro atoms. The van der Waals surface area contributed by atoms with Crippen molar-refractivity contribution in [2.75, 3.05) is 25.4 Å². The minimum Gasteiger partial charge on any atom is -0.311 e. The first-order valence-electron chi connectivity index (χ1n) is 7.44. The van der Waals surface area contributed by atoms with Gasteiger partial charge in [-0.2, -0.15) is 11.8 Å². The summed E-state index contributed by atoms with van der Waals surface area (Å²) in [7, 11) is 0. The number of hydrogen-bond donors (Lipinski definition) is 1. The molecule has 100 valence electrons. The second kappa shape index (κ2) is 7.01. The van der Waals surface area contributed by atoms with Gasteiger partial charge in [-0.3, -0.25) is 4.90 Å². The van der Waals surface area contributed by atoms with Crippen molar-refractivity contribution in [1.82, 2.24) is 10.2 Å². The van der Waals surface area contributed by atoms with Gasteiger partial charge in [-0.25, -0.2) is 0 Å². The molecule has 1 N–H and O–H groups in total. The van der Waals surface area contributed by atoms with Gasteiger partial charge in [0.2, 0.25) is 0 Å². The molecule has 17 heavy (non-hydrogen) atoms. The van der Waals surface area contributed by atoms with Gasteiger partial charge in [0.05, 0.1) is 0 Å². The normalized spacial score (nSPS) is 35.3. The zero-order chi connectivity index (χ0) is 12.1. The third-order valence-electron chi connectivity index (χ3n) is 4.19. The number of piperazine rings is 1. The molecule has 3 atom stereocenters. The molecule has 1 heterocycles. The number of nitrogens with one attached hydrogen (secondary N) is 1. The number of rotatable bonds is 5. The molecule has 2 nitrogen and oxygen atoms in total. The molecule has 1 aliphatic carbocycles. The van der Waals surface area contributed by atoms with Crippen LogP contribution in [0.15, 0.2) is 0 Å².